The highest BCUT2D eigenvalue weighted by atomic mass is 32.1. The van der Waals surface area contributed by atoms with Gasteiger partial charge in [-0.25, -0.2) is 9.67 Å². The molecule has 3 rings (SSSR count). The average Bonchev–Trinajstić information content (AvgIpc) is 2.96. The molecule has 0 amide bonds. The minimum atomic E-state index is 0.466. The van der Waals surface area contributed by atoms with E-state index in [4.69, 9.17) is 12.2 Å². The first-order valence-corrected chi connectivity index (χ1v) is 8.09. The van der Waals surface area contributed by atoms with Crippen LogP contribution in [0.25, 0.3) is 0 Å². The molecule has 0 aliphatic heterocycles. The Morgan fingerprint density at radius 2 is 1.83 bits per heavy atom. The molecule has 2 N–H and O–H groups in total. The van der Waals surface area contributed by atoms with Crippen LogP contribution in [0.15, 0.2) is 54.9 Å². The summed E-state index contributed by atoms with van der Waals surface area (Å²) in [5, 5.41) is 11.0. The summed E-state index contributed by atoms with van der Waals surface area (Å²) >= 11 is 5.30. The molecule has 0 fully saturated rings. The quantitative estimate of drug-likeness (QED) is 0.710. The first-order valence-electron chi connectivity index (χ1n) is 7.68. The molecule has 122 valence electrons. The number of benzene rings is 2. The summed E-state index contributed by atoms with van der Waals surface area (Å²) in [6.07, 6.45) is 1.69. The lowest BCUT2D eigenvalue weighted by molar-refractivity contribution is 0.687. The van der Waals surface area contributed by atoms with Crippen LogP contribution in [0.2, 0.25) is 0 Å². The number of hydrogen-bond acceptors (Lipinski definition) is 3. The van der Waals surface area contributed by atoms with E-state index in [-0.39, 0.29) is 0 Å². The van der Waals surface area contributed by atoms with E-state index in [0.29, 0.717) is 17.6 Å². The van der Waals surface area contributed by atoms with Crippen molar-refractivity contribution >= 4 is 29.0 Å². The molecule has 0 aliphatic carbocycles. The van der Waals surface area contributed by atoms with E-state index in [1.165, 1.54) is 16.7 Å². The second-order valence-electron chi connectivity index (χ2n) is 5.70. The van der Waals surface area contributed by atoms with E-state index in [2.05, 4.69) is 51.9 Å². The van der Waals surface area contributed by atoms with Crippen molar-refractivity contribution in [2.75, 3.05) is 10.6 Å². The molecule has 0 saturated heterocycles. The summed E-state index contributed by atoms with van der Waals surface area (Å²) < 4.78 is 1.78. The van der Waals surface area contributed by atoms with Gasteiger partial charge in [0.05, 0.1) is 6.54 Å². The molecule has 2 aromatic carbocycles. The second-order valence-corrected chi connectivity index (χ2v) is 6.11. The summed E-state index contributed by atoms with van der Waals surface area (Å²) in [6.45, 7) is 4.78. The van der Waals surface area contributed by atoms with E-state index >= 15 is 0 Å². The molecule has 0 atom stereocenters. The third-order valence-electron chi connectivity index (χ3n) is 3.50. The molecular weight excluding hydrogens is 318 g/mol. The van der Waals surface area contributed by atoms with E-state index in [1.54, 1.807) is 11.0 Å². The molecule has 0 radical (unpaired) electrons. The molecule has 6 heteroatoms. The van der Waals surface area contributed by atoms with Crippen molar-refractivity contribution in [3.8, 4) is 0 Å². The Bertz CT molecular complexity index is 839. The molecule has 5 nitrogen and oxygen atoms in total. The maximum absolute atomic E-state index is 5.30. The summed E-state index contributed by atoms with van der Waals surface area (Å²) in [6, 6.07) is 16.4. The molecule has 0 saturated carbocycles. The maximum Gasteiger partial charge on any atom is 0.248 e. The van der Waals surface area contributed by atoms with Crippen LogP contribution in [0.5, 0.6) is 0 Å². The van der Waals surface area contributed by atoms with Gasteiger partial charge in [-0.2, -0.15) is 0 Å². The zero-order valence-electron chi connectivity index (χ0n) is 13.7. The number of aryl methyl sites for hydroxylation is 2. The topological polar surface area (TPSA) is 54.8 Å². The molecule has 0 spiro atoms. The van der Waals surface area contributed by atoms with E-state index < -0.39 is 0 Å². The van der Waals surface area contributed by atoms with Crippen molar-refractivity contribution in [2.24, 2.45) is 0 Å². The first-order chi connectivity index (χ1) is 11.6. The Labute approximate surface area is 146 Å². The van der Waals surface area contributed by atoms with E-state index in [9.17, 15) is 0 Å². The fourth-order valence-electron chi connectivity index (χ4n) is 2.30. The van der Waals surface area contributed by atoms with Crippen LogP contribution in [0.3, 0.4) is 0 Å². The third kappa shape index (κ3) is 4.39. The van der Waals surface area contributed by atoms with Gasteiger partial charge in [-0.3, -0.25) is 5.32 Å². The number of anilines is 2. The maximum atomic E-state index is 5.30. The SMILES string of the molecule is Cc1ccc(Cn2cnc(NC(=S)Nc3cccc(C)c3)n2)cc1. The monoisotopic (exact) mass is 337 g/mol. The fraction of sp³-hybridized carbons (Fsp3) is 0.167. The van der Waals surface area contributed by atoms with Crippen molar-refractivity contribution in [1.82, 2.24) is 14.8 Å². The minimum absolute atomic E-state index is 0.466. The molecule has 0 aliphatic rings. The third-order valence-corrected chi connectivity index (χ3v) is 3.71. The highest BCUT2D eigenvalue weighted by Gasteiger charge is 2.04. The number of nitrogens with one attached hydrogen (secondary N) is 2. The molecule has 3 aromatic rings. The van der Waals surface area contributed by atoms with Crippen LogP contribution < -0.4 is 10.6 Å². The standard InChI is InChI=1S/C18H19N5S/c1-13-6-8-15(9-7-13)11-23-12-19-17(22-23)21-18(24)20-16-5-3-4-14(2)10-16/h3-10,12H,11H2,1-2H3,(H2,20,21,22,24). The predicted octanol–water partition coefficient (Wildman–Crippen LogP) is 3.75. The van der Waals surface area contributed by atoms with Gasteiger partial charge in [-0.1, -0.05) is 42.0 Å². The number of hydrogen-bond donors (Lipinski definition) is 2. The summed E-state index contributed by atoms with van der Waals surface area (Å²) in [4.78, 5) is 4.24. The Kier molecular flexibility index (Phi) is 4.86. The van der Waals surface area contributed by atoms with Crippen LogP contribution in [0.4, 0.5) is 11.6 Å². The summed E-state index contributed by atoms with van der Waals surface area (Å²) in [5.41, 5.74) is 4.53. The largest absolute Gasteiger partial charge is 0.332 e. The van der Waals surface area contributed by atoms with Crippen molar-refractivity contribution < 1.29 is 0 Å². The minimum Gasteiger partial charge on any atom is -0.332 e. The van der Waals surface area contributed by atoms with Gasteiger partial charge in [0.1, 0.15) is 6.33 Å². The molecule has 24 heavy (non-hydrogen) atoms. The molecule has 1 heterocycles. The van der Waals surface area contributed by atoms with Gasteiger partial charge < -0.3 is 5.32 Å². The lowest BCUT2D eigenvalue weighted by Gasteiger charge is -2.08. The van der Waals surface area contributed by atoms with Gasteiger partial charge in [-0.05, 0) is 49.3 Å². The lowest BCUT2D eigenvalue weighted by atomic mass is 10.1. The molecule has 0 unspecified atom stereocenters. The van der Waals surface area contributed by atoms with Gasteiger partial charge in [0.15, 0.2) is 5.11 Å². The smallest absolute Gasteiger partial charge is 0.248 e. The van der Waals surface area contributed by atoms with Gasteiger partial charge in [0, 0.05) is 5.69 Å². The highest BCUT2D eigenvalue weighted by Crippen LogP contribution is 2.10. The van der Waals surface area contributed by atoms with Crippen LogP contribution in [0.1, 0.15) is 16.7 Å². The van der Waals surface area contributed by atoms with E-state index in [1.807, 2.05) is 31.2 Å². The lowest BCUT2D eigenvalue weighted by Crippen LogP contribution is -2.20. The Morgan fingerprint density at radius 3 is 2.58 bits per heavy atom. The fourth-order valence-corrected chi connectivity index (χ4v) is 2.50. The van der Waals surface area contributed by atoms with Gasteiger partial charge in [0.25, 0.3) is 0 Å². The van der Waals surface area contributed by atoms with Gasteiger partial charge in [-0.15, -0.1) is 5.10 Å². The summed E-state index contributed by atoms with van der Waals surface area (Å²) in [7, 11) is 0. The molecule has 0 bridgehead atoms. The van der Waals surface area contributed by atoms with Crippen molar-refractivity contribution in [3.05, 3.63) is 71.5 Å². The molecule has 1 aromatic heterocycles. The first kappa shape index (κ1) is 16.1. The van der Waals surface area contributed by atoms with Crippen LogP contribution >= 0.6 is 12.2 Å². The van der Waals surface area contributed by atoms with Crippen molar-refractivity contribution in [1.29, 1.82) is 0 Å². The van der Waals surface area contributed by atoms with Crippen molar-refractivity contribution in [3.63, 3.8) is 0 Å². The Morgan fingerprint density at radius 1 is 1.04 bits per heavy atom. The normalized spacial score (nSPS) is 10.4. The zero-order chi connectivity index (χ0) is 16.9. The van der Waals surface area contributed by atoms with Crippen LogP contribution in [0, 0.1) is 13.8 Å². The number of rotatable bonds is 4. The van der Waals surface area contributed by atoms with Gasteiger partial charge >= 0.3 is 0 Å². The van der Waals surface area contributed by atoms with Crippen LogP contribution in [-0.4, -0.2) is 19.9 Å². The number of aromatic nitrogens is 3. The number of thiocarbonyl (C=S) groups is 1. The summed E-state index contributed by atoms with van der Waals surface area (Å²) in [5.74, 6) is 0.479. The predicted molar refractivity (Wildman–Crippen MR) is 101 cm³/mol. The average molecular weight is 337 g/mol. The van der Waals surface area contributed by atoms with Crippen LogP contribution in [-0.2, 0) is 6.54 Å². The Balaban J connectivity index is 1.59. The highest BCUT2D eigenvalue weighted by molar-refractivity contribution is 7.80. The molecular formula is C18H19N5S. The van der Waals surface area contributed by atoms with E-state index in [0.717, 1.165) is 5.69 Å². The van der Waals surface area contributed by atoms with Gasteiger partial charge in [0.2, 0.25) is 5.95 Å². The van der Waals surface area contributed by atoms with Crippen molar-refractivity contribution in [2.45, 2.75) is 20.4 Å². The second kappa shape index (κ2) is 7.23. The zero-order valence-corrected chi connectivity index (χ0v) is 14.5. The number of nitrogens with zero attached hydrogens (tertiary/aromatic N) is 3. The Hall–Kier alpha value is -2.73.